The summed E-state index contributed by atoms with van der Waals surface area (Å²) < 4.78 is 6.10. The normalized spacial score (nSPS) is 20.4. The Labute approximate surface area is 166 Å². The van der Waals surface area contributed by atoms with Crippen LogP contribution in [0.2, 0.25) is 0 Å². The number of nitrogens with one attached hydrogen (secondary N) is 2. The SMILES string of the molecule is CCNC(=NCc1ncc(CC)s1)NCC1CCCOC1c1ccccc1. The van der Waals surface area contributed by atoms with Crippen molar-refractivity contribution in [1.82, 2.24) is 15.6 Å². The molecule has 1 saturated heterocycles. The summed E-state index contributed by atoms with van der Waals surface area (Å²) in [5.41, 5.74) is 1.26. The zero-order chi connectivity index (χ0) is 18.9. The lowest BCUT2D eigenvalue weighted by Gasteiger charge is -2.32. The number of benzene rings is 1. The van der Waals surface area contributed by atoms with Crippen molar-refractivity contribution in [2.45, 2.75) is 45.8 Å². The zero-order valence-electron chi connectivity index (χ0n) is 16.3. The van der Waals surface area contributed by atoms with Crippen LogP contribution in [-0.4, -0.2) is 30.6 Å². The van der Waals surface area contributed by atoms with Crippen molar-refractivity contribution in [2.24, 2.45) is 10.9 Å². The third kappa shape index (κ3) is 5.78. The number of aromatic nitrogens is 1. The second kappa shape index (κ2) is 10.4. The number of ether oxygens (including phenoxy) is 1. The lowest BCUT2D eigenvalue weighted by Crippen LogP contribution is -2.42. The minimum Gasteiger partial charge on any atom is -0.373 e. The maximum atomic E-state index is 6.10. The van der Waals surface area contributed by atoms with E-state index < -0.39 is 0 Å². The average Bonchev–Trinajstić information content (AvgIpc) is 3.19. The molecule has 146 valence electrons. The van der Waals surface area contributed by atoms with Gasteiger partial charge in [-0.05, 0) is 31.7 Å². The first-order valence-corrected chi connectivity index (χ1v) is 10.7. The molecule has 2 unspecified atom stereocenters. The van der Waals surface area contributed by atoms with E-state index in [4.69, 9.17) is 9.73 Å². The van der Waals surface area contributed by atoms with Gasteiger partial charge < -0.3 is 15.4 Å². The maximum Gasteiger partial charge on any atom is 0.191 e. The van der Waals surface area contributed by atoms with Gasteiger partial charge in [0.15, 0.2) is 5.96 Å². The molecular formula is C21H30N4OS. The molecule has 1 aliphatic rings. The monoisotopic (exact) mass is 386 g/mol. The van der Waals surface area contributed by atoms with Gasteiger partial charge in [0.05, 0.1) is 12.6 Å². The minimum atomic E-state index is 0.154. The maximum absolute atomic E-state index is 6.10. The second-order valence-electron chi connectivity index (χ2n) is 6.75. The van der Waals surface area contributed by atoms with Crippen LogP contribution in [0.15, 0.2) is 41.5 Å². The van der Waals surface area contributed by atoms with E-state index in [0.717, 1.165) is 49.9 Å². The van der Waals surface area contributed by atoms with Gasteiger partial charge in [0.1, 0.15) is 5.01 Å². The lowest BCUT2D eigenvalue weighted by atomic mass is 9.89. The Hall–Kier alpha value is -1.92. The predicted molar refractivity (Wildman–Crippen MR) is 112 cm³/mol. The van der Waals surface area contributed by atoms with E-state index in [-0.39, 0.29) is 6.10 Å². The summed E-state index contributed by atoms with van der Waals surface area (Å²) in [5, 5.41) is 7.92. The number of guanidine groups is 1. The minimum absolute atomic E-state index is 0.154. The predicted octanol–water partition coefficient (Wildman–Crippen LogP) is 3.93. The molecule has 1 aromatic heterocycles. The Morgan fingerprint density at radius 2 is 2.11 bits per heavy atom. The van der Waals surface area contributed by atoms with Crippen molar-refractivity contribution < 1.29 is 4.74 Å². The van der Waals surface area contributed by atoms with Crippen molar-refractivity contribution in [3.8, 4) is 0 Å². The fraction of sp³-hybridized carbons (Fsp3) is 0.524. The summed E-state index contributed by atoms with van der Waals surface area (Å²) in [6, 6.07) is 10.5. The molecule has 1 aliphatic heterocycles. The van der Waals surface area contributed by atoms with E-state index in [2.05, 4.69) is 59.8 Å². The van der Waals surface area contributed by atoms with E-state index in [9.17, 15) is 0 Å². The van der Waals surface area contributed by atoms with Crippen LogP contribution >= 0.6 is 11.3 Å². The number of hydrogen-bond donors (Lipinski definition) is 2. The fourth-order valence-corrected chi connectivity index (χ4v) is 4.15. The zero-order valence-corrected chi connectivity index (χ0v) is 17.1. The van der Waals surface area contributed by atoms with E-state index >= 15 is 0 Å². The van der Waals surface area contributed by atoms with Gasteiger partial charge in [-0.2, -0.15) is 0 Å². The molecule has 5 nitrogen and oxygen atoms in total. The Kier molecular flexibility index (Phi) is 7.66. The van der Waals surface area contributed by atoms with Crippen LogP contribution < -0.4 is 10.6 Å². The Morgan fingerprint density at radius 3 is 2.85 bits per heavy atom. The van der Waals surface area contributed by atoms with Gasteiger partial charge in [0.25, 0.3) is 0 Å². The summed E-state index contributed by atoms with van der Waals surface area (Å²) in [7, 11) is 0. The summed E-state index contributed by atoms with van der Waals surface area (Å²) in [6.45, 7) is 7.39. The molecule has 2 aromatic rings. The highest BCUT2D eigenvalue weighted by molar-refractivity contribution is 7.11. The van der Waals surface area contributed by atoms with Crippen molar-refractivity contribution >= 4 is 17.3 Å². The van der Waals surface area contributed by atoms with E-state index in [1.54, 1.807) is 11.3 Å². The van der Waals surface area contributed by atoms with Gasteiger partial charge in [-0.25, -0.2) is 9.98 Å². The number of aliphatic imine (C=N–C) groups is 1. The summed E-state index contributed by atoms with van der Waals surface area (Å²) in [5.74, 6) is 1.29. The molecule has 27 heavy (non-hydrogen) atoms. The molecule has 0 saturated carbocycles. The van der Waals surface area contributed by atoms with Crippen LogP contribution in [0, 0.1) is 5.92 Å². The molecule has 2 N–H and O–H groups in total. The summed E-state index contributed by atoms with van der Waals surface area (Å²) in [4.78, 5) is 10.5. The van der Waals surface area contributed by atoms with Crippen molar-refractivity contribution in [3.63, 3.8) is 0 Å². The van der Waals surface area contributed by atoms with Gasteiger partial charge >= 0.3 is 0 Å². The quantitative estimate of drug-likeness (QED) is 0.559. The van der Waals surface area contributed by atoms with Crippen LogP contribution in [0.3, 0.4) is 0 Å². The first-order chi connectivity index (χ1) is 13.3. The van der Waals surface area contributed by atoms with Crippen molar-refractivity contribution in [1.29, 1.82) is 0 Å². The van der Waals surface area contributed by atoms with Crippen LogP contribution in [0.1, 0.15) is 48.2 Å². The van der Waals surface area contributed by atoms with Gasteiger partial charge in [-0.1, -0.05) is 37.3 Å². The highest BCUT2D eigenvalue weighted by Crippen LogP contribution is 2.33. The first kappa shape index (κ1) is 19.8. The Bertz CT molecular complexity index is 716. The van der Waals surface area contributed by atoms with Crippen LogP contribution in [0.5, 0.6) is 0 Å². The number of aryl methyl sites for hydroxylation is 1. The third-order valence-electron chi connectivity index (χ3n) is 4.77. The molecule has 2 heterocycles. The highest BCUT2D eigenvalue weighted by Gasteiger charge is 2.27. The summed E-state index contributed by atoms with van der Waals surface area (Å²) >= 11 is 1.74. The van der Waals surface area contributed by atoms with Crippen LogP contribution in [-0.2, 0) is 17.7 Å². The number of rotatable bonds is 7. The Balaban J connectivity index is 1.60. The van der Waals surface area contributed by atoms with E-state index in [0.29, 0.717) is 12.5 Å². The second-order valence-corrected chi connectivity index (χ2v) is 7.95. The standard InChI is InChI=1S/C21H30N4OS/c1-3-18-14-23-19(27-18)15-25-21(22-4-2)24-13-17-11-8-12-26-20(17)16-9-6-5-7-10-16/h5-7,9-10,14,17,20H,3-4,8,11-13,15H2,1-2H3,(H2,22,24,25). The van der Waals surface area contributed by atoms with E-state index in [1.807, 2.05) is 6.20 Å². The average molecular weight is 387 g/mol. The van der Waals surface area contributed by atoms with Crippen LogP contribution in [0.4, 0.5) is 0 Å². The lowest BCUT2D eigenvalue weighted by molar-refractivity contribution is -0.0265. The molecule has 0 radical (unpaired) electrons. The first-order valence-electron chi connectivity index (χ1n) is 9.92. The third-order valence-corrected chi connectivity index (χ3v) is 5.90. The molecule has 1 aromatic carbocycles. The smallest absolute Gasteiger partial charge is 0.191 e. The molecule has 6 heteroatoms. The van der Waals surface area contributed by atoms with Gasteiger partial charge in [0.2, 0.25) is 0 Å². The Morgan fingerprint density at radius 1 is 1.26 bits per heavy atom. The van der Waals surface area contributed by atoms with Gasteiger partial charge in [-0.15, -0.1) is 11.3 Å². The summed E-state index contributed by atoms with van der Waals surface area (Å²) in [6.07, 6.45) is 5.42. The van der Waals surface area contributed by atoms with Gasteiger partial charge in [0, 0.05) is 36.7 Å². The van der Waals surface area contributed by atoms with Crippen LogP contribution in [0.25, 0.3) is 0 Å². The van der Waals surface area contributed by atoms with Crippen molar-refractivity contribution in [3.05, 3.63) is 52.0 Å². The van der Waals surface area contributed by atoms with E-state index in [1.165, 1.54) is 10.4 Å². The molecule has 2 atom stereocenters. The number of hydrogen-bond acceptors (Lipinski definition) is 4. The molecular weight excluding hydrogens is 356 g/mol. The molecule has 3 rings (SSSR count). The highest BCUT2D eigenvalue weighted by atomic mass is 32.1. The molecule has 0 spiro atoms. The topological polar surface area (TPSA) is 58.5 Å². The molecule has 1 fully saturated rings. The molecule has 0 amide bonds. The number of thiazole rings is 1. The molecule has 0 bridgehead atoms. The molecule has 0 aliphatic carbocycles. The van der Waals surface area contributed by atoms with Gasteiger partial charge in [-0.3, -0.25) is 0 Å². The van der Waals surface area contributed by atoms with Crippen molar-refractivity contribution in [2.75, 3.05) is 19.7 Å². The fourth-order valence-electron chi connectivity index (χ4n) is 3.36. The largest absolute Gasteiger partial charge is 0.373 e. The number of nitrogens with zero attached hydrogens (tertiary/aromatic N) is 2.